The van der Waals surface area contributed by atoms with Gasteiger partial charge in [-0.1, -0.05) is 24.3 Å². The number of rotatable bonds is 2. The van der Waals surface area contributed by atoms with E-state index in [0.29, 0.717) is 4.31 Å². The predicted octanol–water partition coefficient (Wildman–Crippen LogP) is 2.58. The lowest BCUT2D eigenvalue weighted by atomic mass is 10.1. The zero-order valence-corrected chi connectivity index (χ0v) is 12.3. The van der Waals surface area contributed by atoms with E-state index in [2.05, 4.69) is 12.3 Å². The summed E-state index contributed by atoms with van der Waals surface area (Å²) >= 11 is 0. The summed E-state index contributed by atoms with van der Waals surface area (Å²) in [6.07, 6.45) is -0.943. The van der Waals surface area contributed by atoms with Crippen LogP contribution in [0.5, 0.6) is 0 Å². The molecule has 106 valence electrons. The molecule has 0 bridgehead atoms. The van der Waals surface area contributed by atoms with Crippen LogP contribution in [0.2, 0.25) is 0 Å². The molecule has 0 atom stereocenters. The lowest BCUT2D eigenvalue weighted by Crippen LogP contribution is -2.31. The molecule has 20 heavy (non-hydrogen) atoms. The molecule has 0 unspecified atom stereocenters. The molecule has 0 aromatic heterocycles. The number of ether oxygens (including phenoxy) is 1. The first kappa shape index (κ1) is 14.4. The van der Waals surface area contributed by atoms with E-state index < -0.39 is 21.7 Å². The van der Waals surface area contributed by atoms with Crippen molar-refractivity contribution in [2.24, 2.45) is 0 Å². The average Bonchev–Trinajstić information content (AvgIpc) is 2.58. The molecule has 1 amide bonds. The Hall–Kier alpha value is -2.04. The van der Waals surface area contributed by atoms with E-state index in [1.54, 1.807) is 26.0 Å². The van der Waals surface area contributed by atoms with Crippen LogP contribution in [0.25, 0.3) is 0 Å². The monoisotopic (exact) mass is 293 g/mol. The summed E-state index contributed by atoms with van der Waals surface area (Å²) in [7, 11) is -4.02. The second-order valence-electron chi connectivity index (χ2n) is 4.99. The van der Waals surface area contributed by atoms with Crippen LogP contribution in [0.3, 0.4) is 0 Å². The van der Waals surface area contributed by atoms with Gasteiger partial charge in [-0.3, -0.25) is 0 Å². The number of carbonyl (C=O) groups is 1. The van der Waals surface area contributed by atoms with Crippen molar-refractivity contribution in [3.05, 3.63) is 47.8 Å². The van der Waals surface area contributed by atoms with Gasteiger partial charge in [0.05, 0.1) is 4.90 Å². The molecule has 0 spiro atoms. The molecule has 5 nitrogen and oxygen atoms in total. The van der Waals surface area contributed by atoms with Crippen molar-refractivity contribution in [3.8, 4) is 0 Å². The van der Waals surface area contributed by atoms with Gasteiger partial charge in [0.25, 0.3) is 10.0 Å². The van der Waals surface area contributed by atoms with Crippen LogP contribution in [-0.2, 0) is 14.8 Å². The van der Waals surface area contributed by atoms with Gasteiger partial charge < -0.3 is 4.74 Å². The Morgan fingerprint density at radius 3 is 2.30 bits per heavy atom. The number of nitrogens with zero attached hydrogens (tertiary/aromatic N) is 1. The van der Waals surface area contributed by atoms with E-state index in [4.69, 9.17) is 4.74 Å². The van der Waals surface area contributed by atoms with Gasteiger partial charge >= 0.3 is 6.09 Å². The lowest BCUT2D eigenvalue weighted by molar-refractivity contribution is 0.0960. The molecule has 1 aliphatic heterocycles. The Balaban J connectivity index is 2.57. The Kier molecular flexibility index (Phi) is 3.24. The van der Waals surface area contributed by atoms with Crippen molar-refractivity contribution in [1.82, 2.24) is 4.31 Å². The van der Waals surface area contributed by atoms with Gasteiger partial charge in [0.2, 0.25) is 0 Å². The van der Waals surface area contributed by atoms with E-state index in [-0.39, 0.29) is 10.6 Å². The minimum atomic E-state index is -4.02. The zero-order chi connectivity index (χ0) is 15.1. The molecule has 2 rings (SSSR count). The second-order valence-corrected chi connectivity index (χ2v) is 6.77. The normalized spacial score (nSPS) is 17.9. The van der Waals surface area contributed by atoms with Crippen molar-refractivity contribution < 1.29 is 17.9 Å². The molecule has 0 aliphatic carbocycles. The van der Waals surface area contributed by atoms with Crippen LogP contribution in [0.4, 0.5) is 4.79 Å². The molecule has 6 heteroatoms. The van der Waals surface area contributed by atoms with Crippen molar-refractivity contribution in [1.29, 1.82) is 0 Å². The van der Waals surface area contributed by atoms with Gasteiger partial charge in [-0.05, 0) is 32.9 Å². The van der Waals surface area contributed by atoms with E-state index in [9.17, 15) is 13.2 Å². The minimum absolute atomic E-state index is 0.0190. The Labute approximate surface area is 118 Å². The van der Waals surface area contributed by atoms with Crippen molar-refractivity contribution >= 4 is 16.1 Å². The smallest absolute Gasteiger partial charge is 0.430 e. The molecule has 1 aromatic rings. The number of carbonyl (C=O) groups excluding carboxylic acids is 1. The highest BCUT2D eigenvalue weighted by Gasteiger charge is 2.49. The molecule has 0 N–H and O–H groups in total. The zero-order valence-electron chi connectivity index (χ0n) is 11.5. The number of cyclic esters (lactones) is 1. The summed E-state index contributed by atoms with van der Waals surface area (Å²) in [5, 5.41) is 0. The van der Waals surface area contributed by atoms with Crippen LogP contribution in [0.1, 0.15) is 19.4 Å². The van der Waals surface area contributed by atoms with Crippen LogP contribution in [0, 0.1) is 6.92 Å². The van der Waals surface area contributed by atoms with E-state index >= 15 is 0 Å². The highest BCUT2D eigenvalue weighted by molar-refractivity contribution is 7.89. The van der Waals surface area contributed by atoms with Crippen molar-refractivity contribution in [2.45, 2.75) is 31.3 Å². The summed E-state index contributed by atoms with van der Waals surface area (Å²) in [5.41, 5.74) is 2.43. The SMILES string of the molecule is C=C=C1N(S(=O)(=O)c2ccc(C)cc2)C(=O)OC1(C)C. The standard InChI is InChI=1S/C14H15NO4S/c1-5-12-14(3,4)19-13(16)15(12)20(17,18)11-8-6-10(2)7-9-11/h6-9H,1H2,2-4H3. The lowest BCUT2D eigenvalue weighted by Gasteiger charge is -2.18. The molecular formula is C14H15NO4S. The number of sulfonamides is 1. The third-order valence-corrected chi connectivity index (χ3v) is 4.69. The average molecular weight is 293 g/mol. The number of aryl methyl sites for hydroxylation is 1. The maximum atomic E-state index is 12.5. The molecule has 1 heterocycles. The largest absolute Gasteiger partial charge is 0.435 e. The van der Waals surface area contributed by atoms with Gasteiger partial charge in [-0.15, -0.1) is 5.73 Å². The number of hydrogen-bond acceptors (Lipinski definition) is 4. The quantitative estimate of drug-likeness (QED) is 0.786. The maximum Gasteiger partial charge on any atom is 0.430 e. The first-order valence-corrected chi connectivity index (χ1v) is 7.39. The van der Waals surface area contributed by atoms with Gasteiger partial charge in [0.15, 0.2) is 5.60 Å². The molecular weight excluding hydrogens is 278 g/mol. The molecule has 1 aliphatic rings. The molecule has 1 aromatic carbocycles. The minimum Gasteiger partial charge on any atom is -0.435 e. The second kappa shape index (κ2) is 4.51. The van der Waals surface area contributed by atoms with Gasteiger partial charge in [-0.25, -0.2) is 13.2 Å². The molecule has 0 saturated carbocycles. The van der Waals surface area contributed by atoms with Crippen LogP contribution >= 0.6 is 0 Å². The molecule has 0 radical (unpaired) electrons. The van der Waals surface area contributed by atoms with Crippen molar-refractivity contribution in [2.75, 3.05) is 0 Å². The summed E-state index contributed by atoms with van der Waals surface area (Å²) in [6, 6.07) is 6.22. The third kappa shape index (κ3) is 2.13. The van der Waals surface area contributed by atoms with Crippen LogP contribution in [-0.4, -0.2) is 24.4 Å². The maximum absolute atomic E-state index is 12.5. The summed E-state index contributed by atoms with van der Waals surface area (Å²) in [5.74, 6) is 0. The van der Waals surface area contributed by atoms with Gasteiger partial charge in [0.1, 0.15) is 5.70 Å². The van der Waals surface area contributed by atoms with E-state index in [0.717, 1.165) is 5.56 Å². The first-order chi connectivity index (χ1) is 9.20. The van der Waals surface area contributed by atoms with E-state index in [1.807, 2.05) is 6.92 Å². The number of hydrogen-bond donors (Lipinski definition) is 0. The third-order valence-electron chi connectivity index (χ3n) is 3.01. The Morgan fingerprint density at radius 2 is 1.80 bits per heavy atom. The fourth-order valence-corrected chi connectivity index (χ4v) is 3.41. The molecule has 1 saturated heterocycles. The Morgan fingerprint density at radius 1 is 1.25 bits per heavy atom. The fourth-order valence-electron chi connectivity index (χ4n) is 1.96. The first-order valence-electron chi connectivity index (χ1n) is 5.95. The summed E-state index contributed by atoms with van der Waals surface area (Å²) < 4.78 is 30.8. The summed E-state index contributed by atoms with van der Waals surface area (Å²) in [4.78, 5) is 11.9. The topological polar surface area (TPSA) is 63.7 Å². The Bertz CT molecular complexity index is 710. The van der Waals surface area contributed by atoms with Gasteiger partial charge in [0, 0.05) is 0 Å². The van der Waals surface area contributed by atoms with Gasteiger partial charge in [-0.2, -0.15) is 4.31 Å². The summed E-state index contributed by atoms with van der Waals surface area (Å²) in [6.45, 7) is 8.46. The van der Waals surface area contributed by atoms with Crippen LogP contribution in [0.15, 0.2) is 47.2 Å². The highest BCUT2D eigenvalue weighted by atomic mass is 32.2. The van der Waals surface area contributed by atoms with E-state index in [1.165, 1.54) is 12.1 Å². The van der Waals surface area contributed by atoms with Crippen LogP contribution < -0.4 is 0 Å². The molecule has 1 fully saturated rings. The highest BCUT2D eigenvalue weighted by Crippen LogP contribution is 2.36. The predicted molar refractivity (Wildman–Crippen MR) is 73.4 cm³/mol. The number of amides is 1. The fraction of sp³-hybridized carbons (Fsp3) is 0.286. The van der Waals surface area contributed by atoms with Crippen molar-refractivity contribution in [3.63, 3.8) is 0 Å². The number of benzene rings is 1.